The van der Waals surface area contributed by atoms with Gasteiger partial charge < -0.3 is 5.32 Å². The third-order valence-electron chi connectivity index (χ3n) is 2.14. The highest BCUT2D eigenvalue weighted by Crippen LogP contribution is 2.05. The summed E-state index contributed by atoms with van der Waals surface area (Å²) in [4.78, 5) is 0. The maximum Gasteiger partial charge on any atom is 0.210 e. The third kappa shape index (κ3) is 4.92. The number of nitrogens with two attached hydrogens (primary N) is 1. The number of hydrogen-bond acceptors (Lipinski definition) is 3. The Hall–Kier alpha value is -0.910. The Balaban J connectivity index is 2.36. The van der Waals surface area contributed by atoms with Gasteiger partial charge in [0, 0.05) is 13.1 Å². The summed E-state index contributed by atoms with van der Waals surface area (Å²) in [5.41, 5.74) is 2.37. The van der Waals surface area contributed by atoms with Crippen LogP contribution < -0.4 is 10.5 Å². The van der Waals surface area contributed by atoms with Gasteiger partial charge in [0.2, 0.25) is 10.0 Å². The SMILES string of the molecule is Cc1ccccc1CNCCS(N)(=O)=O. The van der Waals surface area contributed by atoms with Crippen molar-refractivity contribution < 1.29 is 8.42 Å². The van der Waals surface area contributed by atoms with Crippen molar-refractivity contribution in [1.82, 2.24) is 5.32 Å². The molecular formula is C10H16N2O2S. The lowest BCUT2D eigenvalue weighted by molar-refractivity contribution is 0.592. The highest BCUT2D eigenvalue weighted by atomic mass is 32.2. The molecule has 0 aromatic heterocycles. The Morgan fingerprint density at radius 1 is 1.33 bits per heavy atom. The molecule has 0 aliphatic rings. The summed E-state index contributed by atoms with van der Waals surface area (Å²) < 4.78 is 21.3. The van der Waals surface area contributed by atoms with Crippen LogP contribution in [0.25, 0.3) is 0 Å². The molecule has 0 amide bonds. The summed E-state index contributed by atoms with van der Waals surface area (Å²) in [6.45, 7) is 3.08. The van der Waals surface area contributed by atoms with Gasteiger partial charge in [0.1, 0.15) is 0 Å². The van der Waals surface area contributed by atoms with E-state index in [1.54, 1.807) is 0 Å². The molecule has 3 N–H and O–H groups in total. The van der Waals surface area contributed by atoms with Gasteiger partial charge in [-0.2, -0.15) is 0 Å². The molecule has 0 unspecified atom stereocenters. The van der Waals surface area contributed by atoms with Crippen LogP contribution in [0.15, 0.2) is 24.3 Å². The topological polar surface area (TPSA) is 72.2 Å². The first-order valence-corrected chi connectivity index (χ1v) is 6.46. The van der Waals surface area contributed by atoms with E-state index in [2.05, 4.69) is 5.32 Å². The van der Waals surface area contributed by atoms with Crippen molar-refractivity contribution in [3.05, 3.63) is 35.4 Å². The van der Waals surface area contributed by atoms with Crippen LogP contribution in [0.4, 0.5) is 0 Å². The maximum absolute atomic E-state index is 10.6. The molecule has 15 heavy (non-hydrogen) atoms. The van der Waals surface area contributed by atoms with Crippen molar-refractivity contribution in [2.45, 2.75) is 13.5 Å². The van der Waals surface area contributed by atoms with Crippen LogP contribution in [0.3, 0.4) is 0 Å². The van der Waals surface area contributed by atoms with E-state index in [1.807, 2.05) is 31.2 Å². The van der Waals surface area contributed by atoms with Gasteiger partial charge in [-0.25, -0.2) is 13.6 Å². The van der Waals surface area contributed by atoms with E-state index in [0.717, 1.165) is 0 Å². The minimum atomic E-state index is -3.35. The van der Waals surface area contributed by atoms with Gasteiger partial charge in [-0.15, -0.1) is 0 Å². The van der Waals surface area contributed by atoms with E-state index in [1.165, 1.54) is 11.1 Å². The van der Waals surface area contributed by atoms with Gasteiger partial charge in [0.15, 0.2) is 0 Å². The van der Waals surface area contributed by atoms with E-state index in [9.17, 15) is 8.42 Å². The zero-order chi connectivity index (χ0) is 11.3. The zero-order valence-corrected chi connectivity index (χ0v) is 9.55. The summed E-state index contributed by atoms with van der Waals surface area (Å²) >= 11 is 0. The Kier molecular flexibility index (Phi) is 4.26. The molecule has 4 nitrogen and oxygen atoms in total. The summed E-state index contributed by atoms with van der Waals surface area (Å²) in [5.74, 6) is -0.0289. The second-order valence-corrected chi connectivity index (χ2v) is 5.20. The Bertz CT molecular complexity index is 415. The lowest BCUT2D eigenvalue weighted by Crippen LogP contribution is -2.26. The first kappa shape index (κ1) is 12.2. The molecule has 0 radical (unpaired) electrons. The number of rotatable bonds is 5. The molecular weight excluding hydrogens is 212 g/mol. The maximum atomic E-state index is 10.6. The molecule has 0 aliphatic heterocycles. The van der Waals surface area contributed by atoms with Gasteiger partial charge in [-0.1, -0.05) is 24.3 Å². The van der Waals surface area contributed by atoms with Crippen LogP contribution in [-0.2, 0) is 16.6 Å². The number of primary sulfonamides is 1. The number of hydrogen-bond donors (Lipinski definition) is 2. The normalized spacial score (nSPS) is 11.6. The zero-order valence-electron chi connectivity index (χ0n) is 8.73. The molecule has 1 rings (SSSR count). The monoisotopic (exact) mass is 228 g/mol. The fraction of sp³-hybridized carbons (Fsp3) is 0.400. The predicted octanol–water partition coefficient (Wildman–Crippen LogP) is 0.373. The minimum Gasteiger partial charge on any atom is -0.312 e. The molecule has 0 aliphatic carbocycles. The average molecular weight is 228 g/mol. The molecule has 1 aromatic rings. The van der Waals surface area contributed by atoms with Crippen LogP contribution in [0.1, 0.15) is 11.1 Å². The average Bonchev–Trinajstić information content (AvgIpc) is 2.13. The van der Waals surface area contributed by atoms with Crippen molar-refractivity contribution in [3.63, 3.8) is 0 Å². The standard InChI is InChI=1S/C10H16N2O2S/c1-9-4-2-3-5-10(9)8-12-6-7-15(11,13)14/h2-5,12H,6-8H2,1H3,(H2,11,13,14). The van der Waals surface area contributed by atoms with Crippen molar-refractivity contribution in [1.29, 1.82) is 0 Å². The van der Waals surface area contributed by atoms with Crippen molar-refractivity contribution in [3.8, 4) is 0 Å². The van der Waals surface area contributed by atoms with Crippen molar-refractivity contribution in [2.75, 3.05) is 12.3 Å². The van der Waals surface area contributed by atoms with Crippen LogP contribution in [0.2, 0.25) is 0 Å². The molecule has 5 heteroatoms. The lowest BCUT2D eigenvalue weighted by atomic mass is 10.1. The second-order valence-electron chi connectivity index (χ2n) is 3.47. The molecule has 0 saturated carbocycles. The molecule has 84 valence electrons. The van der Waals surface area contributed by atoms with E-state index in [4.69, 9.17) is 5.14 Å². The predicted molar refractivity (Wildman–Crippen MR) is 60.9 cm³/mol. The Morgan fingerprint density at radius 2 is 2.00 bits per heavy atom. The fourth-order valence-corrected chi connectivity index (χ4v) is 1.67. The van der Waals surface area contributed by atoms with Gasteiger partial charge in [-0.05, 0) is 18.1 Å². The Morgan fingerprint density at radius 3 is 2.60 bits per heavy atom. The molecule has 0 heterocycles. The molecule has 1 aromatic carbocycles. The smallest absolute Gasteiger partial charge is 0.210 e. The molecule has 0 bridgehead atoms. The summed E-state index contributed by atoms with van der Waals surface area (Å²) in [5, 5.41) is 7.92. The quantitative estimate of drug-likeness (QED) is 0.715. The number of sulfonamides is 1. The van der Waals surface area contributed by atoms with E-state index in [0.29, 0.717) is 13.1 Å². The van der Waals surface area contributed by atoms with Gasteiger partial charge >= 0.3 is 0 Å². The number of nitrogens with one attached hydrogen (secondary N) is 1. The van der Waals surface area contributed by atoms with Gasteiger partial charge in [0.05, 0.1) is 5.75 Å². The van der Waals surface area contributed by atoms with Crippen molar-refractivity contribution >= 4 is 10.0 Å². The van der Waals surface area contributed by atoms with Gasteiger partial charge in [0.25, 0.3) is 0 Å². The largest absolute Gasteiger partial charge is 0.312 e. The minimum absolute atomic E-state index is 0.0289. The van der Waals surface area contributed by atoms with E-state index >= 15 is 0 Å². The van der Waals surface area contributed by atoms with Crippen LogP contribution in [0, 0.1) is 6.92 Å². The summed E-state index contributed by atoms with van der Waals surface area (Å²) in [6.07, 6.45) is 0. The first-order valence-electron chi connectivity index (χ1n) is 4.75. The molecule has 0 spiro atoms. The van der Waals surface area contributed by atoms with Crippen LogP contribution in [0.5, 0.6) is 0 Å². The highest BCUT2D eigenvalue weighted by molar-refractivity contribution is 7.89. The third-order valence-corrected chi connectivity index (χ3v) is 2.91. The van der Waals surface area contributed by atoms with Crippen LogP contribution >= 0.6 is 0 Å². The van der Waals surface area contributed by atoms with E-state index < -0.39 is 10.0 Å². The molecule has 0 fully saturated rings. The van der Waals surface area contributed by atoms with E-state index in [-0.39, 0.29) is 5.75 Å². The summed E-state index contributed by atoms with van der Waals surface area (Å²) in [7, 11) is -3.35. The molecule has 0 saturated heterocycles. The molecule has 0 atom stereocenters. The lowest BCUT2D eigenvalue weighted by Gasteiger charge is -2.06. The summed E-state index contributed by atoms with van der Waals surface area (Å²) in [6, 6.07) is 7.98. The number of aryl methyl sites for hydroxylation is 1. The van der Waals surface area contributed by atoms with Crippen molar-refractivity contribution in [2.24, 2.45) is 5.14 Å². The van der Waals surface area contributed by atoms with Crippen LogP contribution in [-0.4, -0.2) is 20.7 Å². The van der Waals surface area contributed by atoms with Gasteiger partial charge in [-0.3, -0.25) is 0 Å². The fourth-order valence-electron chi connectivity index (χ4n) is 1.25. The first-order chi connectivity index (χ1) is 6.99. The second kappa shape index (κ2) is 5.25. The highest BCUT2D eigenvalue weighted by Gasteiger charge is 2.01. The Labute approximate surface area is 90.5 Å². The number of benzene rings is 1.